The predicted octanol–water partition coefficient (Wildman–Crippen LogP) is 0.591. The quantitative estimate of drug-likeness (QED) is 0.798. The van der Waals surface area contributed by atoms with Crippen LogP contribution in [-0.2, 0) is 25.5 Å². The van der Waals surface area contributed by atoms with E-state index in [1.54, 1.807) is 6.07 Å². The molecule has 2 rings (SSSR count). The van der Waals surface area contributed by atoms with Crippen LogP contribution in [0.1, 0.15) is 24.3 Å². The number of hydrogen-bond acceptors (Lipinski definition) is 7. The lowest BCUT2D eigenvalue weighted by Gasteiger charge is -2.15. The van der Waals surface area contributed by atoms with Crippen LogP contribution in [0.5, 0.6) is 0 Å². The lowest BCUT2D eigenvalue weighted by molar-refractivity contribution is -0.151. The molecule has 0 fully saturated rings. The molecule has 0 aliphatic carbocycles. The lowest BCUT2D eigenvalue weighted by atomic mass is 10.2. The number of nitrogens with one attached hydrogen (secondary N) is 1. The highest BCUT2D eigenvalue weighted by Gasteiger charge is 2.29. The molecule has 0 spiro atoms. The molecule has 0 bridgehead atoms. The first-order valence-electron chi connectivity index (χ1n) is 6.84. The highest BCUT2D eigenvalue weighted by Crippen LogP contribution is 2.21. The van der Waals surface area contributed by atoms with Gasteiger partial charge in [0.15, 0.2) is 0 Å². The highest BCUT2D eigenvalue weighted by atomic mass is 32.1. The fourth-order valence-electron chi connectivity index (χ4n) is 2.19. The Morgan fingerprint density at radius 1 is 1.30 bits per heavy atom. The van der Waals surface area contributed by atoms with E-state index < -0.39 is 35.7 Å². The van der Waals surface area contributed by atoms with Crippen LogP contribution >= 0.6 is 11.3 Å². The Hall–Kier alpha value is -2.42. The number of esters is 2. The van der Waals surface area contributed by atoms with Gasteiger partial charge in [-0.1, -0.05) is 6.92 Å². The Kier molecular flexibility index (Phi) is 4.99. The zero-order chi connectivity index (χ0) is 17.1. The number of carbonyl (C=O) groups excluding carboxylic acids is 2. The predicted molar refractivity (Wildman–Crippen MR) is 83.8 cm³/mol. The van der Waals surface area contributed by atoms with Crippen LogP contribution in [0.2, 0.25) is 0 Å². The molecule has 2 heterocycles. The number of hydrogen-bond donors (Lipinski definition) is 1. The average Bonchev–Trinajstić information content (AvgIpc) is 2.96. The van der Waals surface area contributed by atoms with Crippen LogP contribution < -0.4 is 11.2 Å². The third-order valence-corrected chi connectivity index (χ3v) is 4.59. The van der Waals surface area contributed by atoms with E-state index in [0.717, 1.165) is 19.1 Å². The summed E-state index contributed by atoms with van der Waals surface area (Å²) < 4.78 is 9.82. The molecule has 0 unspecified atom stereocenters. The second-order valence-electron chi connectivity index (χ2n) is 4.73. The van der Waals surface area contributed by atoms with Gasteiger partial charge in [-0.05, 0) is 12.5 Å². The van der Waals surface area contributed by atoms with Gasteiger partial charge in [-0.15, -0.1) is 11.3 Å². The molecule has 0 aliphatic rings. The van der Waals surface area contributed by atoms with Crippen molar-refractivity contribution in [2.24, 2.45) is 0 Å². The van der Waals surface area contributed by atoms with Gasteiger partial charge < -0.3 is 9.47 Å². The van der Waals surface area contributed by atoms with Crippen molar-refractivity contribution in [1.82, 2.24) is 9.55 Å². The van der Waals surface area contributed by atoms with Crippen molar-refractivity contribution < 1.29 is 19.1 Å². The molecule has 0 aromatic carbocycles. The van der Waals surface area contributed by atoms with Crippen molar-refractivity contribution >= 4 is 33.5 Å². The Balaban J connectivity index is 2.67. The molecule has 124 valence electrons. The standard InChI is InChI=1S/C14H16N2O6S/c1-4-7-5-8-11(23-7)15-14(20)16(12(8)18)9(13(19)22-3)6-10(17)21-2/h5,9H,4,6H2,1-3H3,(H,15,20)/t9-/m1/s1. The average molecular weight is 340 g/mol. The molecule has 23 heavy (non-hydrogen) atoms. The number of nitrogens with zero attached hydrogens (tertiary/aromatic N) is 1. The van der Waals surface area contributed by atoms with E-state index >= 15 is 0 Å². The number of rotatable bonds is 5. The number of aromatic amines is 1. The van der Waals surface area contributed by atoms with Gasteiger partial charge in [-0.25, -0.2) is 14.2 Å². The third kappa shape index (κ3) is 3.19. The molecule has 1 atom stereocenters. The molecule has 0 radical (unpaired) electrons. The number of thiophene rings is 1. The lowest BCUT2D eigenvalue weighted by Crippen LogP contribution is -2.42. The summed E-state index contributed by atoms with van der Waals surface area (Å²) in [6, 6.07) is 0.291. The fraction of sp³-hybridized carbons (Fsp3) is 0.429. The summed E-state index contributed by atoms with van der Waals surface area (Å²) in [7, 11) is 2.27. The monoisotopic (exact) mass is 340 g/mol. The maximum Gasteiger partial charge on any atom is 0.330 e. The molecule has 0 aliphatic heterocycles. The van der Waals surface area contributed by atoms with Gasteiger partial charge >= 0.3 is 17.6 Å². The third-order valence-electron chi connectivity index (χ3n) is 3.39. The molecule has 1 N–H and O–H groups in total. The van der Waals surface area contributed by atoms with Gasteiger partial charge in [-0.3, -0.25) is 14.6 Å². The summed E-state index contributed by atoms with van der Waals surface area (Å²) in [6.07, 6.45) is 0.242. The maximum absolute atomic E-state index is 12.6. The highest BCUT2D eigenvalue weighted by molar-refractivity contribution is 7.18. The van der Waals surface area contributed by atoms with E-state index in [0.29, 0.717) is 21.2 Å². The largest absolute Gasteiger partial charge is 0.469 e. The van der Waals surface area contributed by atoms with Crippen LogP contribution in [0, 0.1) is 0 Å². The van der Waals surface area contributed by atoms with Crippen molar-refractivity contribution in [2.75, 3.05) is 14.2 Å². The van der Waals surface area contributed by atoms with Gasteiger partial charge in [0, 0.05) is 4.88 Å². The molecule has 0 saturated heterocycles. The molecule has 0 saturated carbocycles. The molecule has 2 aromatic heterocycles. The minimum Gasteiger partial charge on any atom is -0.469 e. The molecule has 0 amide bonds. The summed E-state index contributed by atoms with van der Waals surface area (Å²) >= 11 is 1.30. The van der Waals surface area contributed by atoms with Crippen molar-refractivity contribution in [3.8, 4) is 0 Å². The minimum atomic E-state index is -1.38. The molecule has 2 aromatic rings. The Bertz CT molecular complexity index is 862. The van der Waals surface area contributed by atoms with Crippen LogP contribution in [0.3, 0.4) is 0 Å². The SMILES string of the molecule is CCc1cc2c(=O)n([C@H](CC(=O)OC)C(=O)OC)c(=O)[nH]c2s1. The number of ether oxygens (including phenoxy) is 2. The molecule has 8 nitrogen and oxygen atoms in total. The Labute approximate surface area is 134 Å². The Morgan fingerprint density at radius 2 is 2.00 bits per heavy atom. The number of carbonyl (C=O) groups is 2. The normalized spacial score (nSPS) is 12.1. The van der Waals surface area contributed by atoms with Crippen LogP contribution in [-0.4, -0.2) is 35.7 Å². The zero-order valence-corrected chi connectivity index (χ0v) is 13.7. The first kappa shape index (κ1) is 16.9. The Morgan fingerprint density at radius 3 is 2.57 bits per heavy atom. The van der Waals surface area contributed by atoms with Crippen LogP contribution in [0.25, 0.3) is 10.2 Å². The van der Waals surface area contributed by atoms with E-state index in [1.165, 1.54) is 11.3 Å². The number of aryl methyl sites for hydroxylation is 1. The topological polar surface area (TPSA) is 107 Å². The molecule has 9 heteroatoms. The van der Waals surface area contributed by atoms with Gasteiger partial charge in [0.05, 0.1) is 26.0 Å². The first-order chi connectivity index (χ1) is 10.9. The van der Waals surface area contributed by atoms with Gasteiger partial charge in [0.1, 0.15) is 10.9 Å². The molecular weight excluding hydrogens is 324 g/mol. The van der Waals surface area contributed by atoms with Crippen LogP contribution in [0.4, 0.5) is 0 Å². The van der Waals surface area contributed by atoms with Crippen molar-refractivity contribution in [1.29, 1.82) is 0 Å². The second-order valence-corrected chi connectivity index (χ2v) is 5.87. The maximum atomic E-state index is 12.6. The smallest absolute Gasteiger partial charge is 0.330 e. The van der Waals surface area contributed by atoms with Crippen molar-refractivity contribution in [3.63, 3.8) is 0 Å². The number of aromatic nitrogens is 2. The summed E-state index contributed by atoms with van der Waals surface area (Å²) in [5.41, 5.74) is -1.41. The summed E-state index contributed by atoms with van der Waals surface area (Å²) in [5.74, 6) is -1.60. The molecular formula is C14H16N2O6S. The summed E-state index contributed by atoms with van der Waals surface area (Å²) in [5, 5.41) is 0.296. The van der Waals surface area contributed by atoms with E-state index in [-0.39, 0.29) is 0 Å². The van der Waals surface area contributed by atoms with E-state index in [9.17, 15) is 19.2 Å². The van der Waals surface area contributed by atoms with Crippen molar-refractivity contribution in [3.05, 3.63) is 31.8 Å². The number of H-pyrrole nitrogens is 1. The second kappa shape index (κ2) is 6.78. The van der Waals surface area contributed by atoms with Crippen molar-refractivity contribution in [2.45, 2.75) is 25.8 Å². The van der Waals surface area contributed by atoms with Crippen LogP contribution in [0.15, 0.2) is 15.7 Å². The zero-order valence-electron chi connectivity index (χ0n) is 12.9. The summed E-state index contributed by atoms with van der Waals surface area (Å²) in [6.45, 7) is 1.93. The first-order valence-corrected chi connectivity index (χ1v) is 7.66. The van der Waals surface area contributed by atoms with E-state index in [4.69, 9.17) is 0 Å². The number of methoxy groups -OCH3 is 2. The van der Waals surface area contributed by atoms with Gasteiger partial charge in [0.25, 0.3) is 5.56 Å². The minimum absolute atomic E-state index is 0.296. The fourth-order valence-corrected chi connectivity index (χ4v) is 3.17. The number of fused-ring (bicyclic) bond motifs is 1. The van der Waals surface area contributed by atoms with E-state index in [1.807, 2.05) is 6.92 Å². The van der Waals surface area contributed by atoms with Gasteiger partial charge in [0.2, 0.25) is 0 Å². The summed E-state index contributed by atoms with van der Waals surface area (Å²) in [4.78, 5) is 52.2. The van der Waals surface area contributed by atoms with Gasteiger partial charge in [-0.2, -0.15) is 0 Å². The van der Waals surface area contributed by atoms with E-state index in [2.05, 4.69) is 14.5 Å².